The first-order chi connectivity index (χ1) is 15.3. The van der Waals surface area contributed by atoms with Gasteiger partial charge in [0.1, 0.15) is 12.4 Å². The van der Waals surface area contributed by atoms with Crippen LogP contribution in [0.15, 0.2) is 48.5 Å². The van der Waals surface area contributed by atoms with Crippen LogP contribution < -0.4 is 10.2 Å². The predicted octanol–water partition coefficient (Wildman–Crippen LogP) is 1.36. The molecule has 1 heterocycles. The molecule has 2 amide bonds. The van der Waals surface area contributed by atoms with Crippen LogP contribution in [-0.4, -0.2) is 66.9 Å². The van der Waals surface area contributed by atoms with Gasteiger partial charge in [0.2, 0.25) is 0 Å². The average Bonchev–Trinajstić information content (AvgIpc) is 2.81. The average molecular weight is 444 g/mol. The molecule has 2 aromatic rings. The molecular formula is C21H21FN4O6. The number of non-ortho nitro benzene ring substituents is 1. The second-order valence-electron chi connectivity index (χ2n) is 6.97. The maximum absolute atomic E-state index is 13.9. The third-order valence-corrected chi connectivity index (χ3v) is 4.89. The standard InChI is InChI=1S/C21H21FN4O6/c22-17-6-1-2-7-18(17)24-8-10-25(11-9-24)19(27)14-32-20(28)13-23-21(29)15-4-3-5-16(12-15)26(30)31/h1-7,12H,8-11,13-14H2,(H,23,29). The monoisotopic (exact) mass is 444 g/mol. The number of piperazine rings is 1. The number of esters is 1. The fourth-order valence-corrected chi connectivity index (χ4v) is 3.20. The number of hydrogen-bond donors (Lipinski definition) is 1. The Bertz CT molecular complexity index is 1020. The van der Waals surface area contributed by atoms with Crippen molar-refractivity contribution in [1.29, 1.82) is 0 Å². The first kappa shape index (κ1) is 22.7. The van der Waals surface area contributed by atoms with Crippen molar-refractivity contribution in [1.82, 2.24) is 10.2 Å². The van der Waals surface area contributed by atoms with Crippen LogP contribution in [0.3, 0.4) is 0 Å². The molecular weight excluding hydrogens is 423 g/mol. The molecule has 0 spiro atoms. The summed E-state index contributed by atoms with van der Waals surface area (Å²) < 4.78 is 18.8. The summed E-state index contributed by atoms with van der Waals surface area (Å²) in [4.78, 5) is 49.7. The molecule has 0 unspecified atom stereocenters. The first-order valence-electron chi connectivity index (χ1n) is 9.80. The van der Waals surface area contributed by atoms with Crippen molar-refractivity contribution in [3.63, 3.8) is 0 Å². The zero-order valence-corrected chi connectivity index (χ0v) is 17.0. The number of halogens is 1. The van der Waals surface area contributed by atoms with Gasteiger partial charge in [-0.25, -0.2) is 4.39 Å². The second kappa shape index (κ2) is 10.3. The van der Waals surface area contributed by atoms with E-state index in [4.69, 9.17) is 4.74 Å². The Hall–Kier alpha value is -4.02. The zero-order chi connectivity index (χ0) is 23.1. The van der Waals surface area contributed by atoms with Crippen molar-refractivity contribution in [2.75, 3.05) is 44.2 Å². The smallest absolute Gasteiger partial charge is 0.325 e. The van der Waals surface area contributed by atoms with Crippen molar-refractivity contribution >= 4 is 29.2 Å². The molecule has 3 rings (SSSR count). The van der Waals surface area contributed by atoms with E-state index in [1.807, 2.05) is 4.90 Å². The normalized spacial score (nSPS) is 13.4. The number of nitro groups is 1. The van der Waals surface area contributed by atoms with Gasteiger partial charge in [0.15, 0.2) is 6.61 Å². The summed E-state index contributed by atoms with van der Waals surface area (Å²) in [5.41, 5.74) is 0.252. The van der Waals surface area contributed by atoms with Crippen molar-refractivity contribution < 1.29 is 28.4 Å². The Labute approximate surface area is 182 Å². The van der Waals surface area contributed by atoms with Gasteiger partial charge in [-0.2, -0.15) is 0 Å². The maximum Gasteiger partial charge on any atom is 0.325 e. The molecule has 0 atom stereocenters. The molecule has 0 bridgehead atoms. The van der Waals surface area contributed by atoms with Gasteiger partial charge in [-0.3, -0.25) is 24.5 Å². The molecule has 0 saturated carbocycles. The van der Waals surface area contributed by atoms with E-state index in [0.717, 1.165) is 6.07 Å². The molecule has 1 aliphatic heterocycles. The number of nitrogens with one attached hydrogen (secondary N) is 1. The van der Waals surface area contributed by atoms with Gasteiger partial charge >= 0.3 is 5.97 Å². The second-order valence-corrected chi connectivity index (χ2v) is 6.97. The highest BCUT2D eigenvalue weighted by Gasteiger charge is 2.23. The molecule has 11 heteroatoms. The minimum absolute atomic E-state index is 0.0239. The number of carbonyl (C=O) groups excluding carboxylic acids is 3. The van der Waals surface area contributed by atoms with Gasteiger partial charge in [0.05, 0.1) is 10.6 Å². The number of amides is 2. The van der Waals surface area contributed by atoms with E-state index in [1.54, 1.807) is 18.2 Å². The molecule has 2 aromatic carbocycles. The zero-order valence-electron chi connectivity index (χ0n) is 17.0. The molecule has 10 nitrogen and oxygen atoms in total. The summed E-state index contributed by atoms with van der Waals surface area (Å²) in [6, 6.07) is 11.5. The minimum atomic E-state index is -0.817. The van der Waals surface area contributed by atoms with E-state index < -0.39 is 35.9 Å². The highest BCUT2D eigenvalue weighted by atomic mass is 19.1. The highest BCUT2D eigenvalue weighted by molar-refractivity contribution is 5.96. The SMILES string of the molecule is O=C(CNC(=O)c1cccc([N+](=O)[O-])c1)OCC(=O)N1CCN(c2ccccc2F)CC1. The van der Waals surface area contributed by atoms with Crippen LogP contribution in [0.1, 0.15) is 10.4 Å². The number of benzene rings is 2. The number of anilines is 1. The molecule has 0 aliphatic carbocycles. The first-order valence-corrected chi connectivity index (χ1v) is 9.80. The van der Waals surface area contributed by atoms with Gasteiger partial charge in [0.25, 0.3) is 17.5 Å². The van der Waals surface area contributed by atoms with Crippen LogP contribution in [0, 0.1) is 15.9 Å². The Morgan fingerprint density at radius 2 is 1.78 bits per heavy atom. The number of para-hydroxylation sites is 1. The van der Waals surface area contributed by atoms with Crippen LogP contribution in [0.5, 0.6) is 0 Å². The maximum atomic E-state index is 13.9. The fourth-order valence-electron chi connectivity index (χ4n) is 3.20. The molecule has 168 valence electrons. The molecule has 1 saturated heterocycles. The van der Waals surface area contributed by atoms with E-state index in [9.17, 15) is 28.9 Å². The van der Waals surface area contributed by atoms with Crippen LogP contribution in [0.25, 0.3) is 0 Å². The number of rotatable bonds is 7. The van der Waals surface area contributed by atoms with E-state index in [-0.39, 0.29) is 17.1 Å². The molecule has 1 fully saturated rings. The van der Waals surface area contributed by atoms with Crippen LogP contribution >= 0.6 is 0 Å². The quantitative estimate of drug-likeness (QED) is 0.389. The van der Waals surface area contributed by atoms with Crippen molar-refractivity contribution in [2.45, 2.75) is 0 Å². The number of hydrogen-bond acceptors (Lipinski definition) is 7. The van der Waals surface area contributed by atoms with Crippen LogP contribution in [0.4, 0.5) is 15.8 Å². The topological polar surface area (TPSA) is 122 Å². The third-order valence-electron chi connectivity index (χ3n) is 4.89. The summed E-state index contributed by atoms with van der Waals surface area (Å²) in [6.45, 7) is 0.628. The fraction of sp³-hybridized carbons (Fsp3) is 0.286. The lowest BCUT2D eigenvalue weighted by Crippen LogP contribution is -2.50. The Morgan fingerprint density at radius 1 is 1.06 bits per heavy atom. The minimum Gasteiger partial charge on any atom is -0.454 e. The third kappa shape index (κ3) is 5.78. The summed E-state index contributed by atoms with van der Waals surface area (Å²) in [5.74, 6) is -2.21. The Kier molecular flexibility index (Phi) is 7.32. The summed E-state index contributed by atoms with van der Waals surface area (Å²) >= 11 is 0. The lowest BCUT2D eigenvalue weighted by atomic mass is 10.2. The lowest BCUT2D eigenvalue weighted by molar-refractivity contribution is -0.384. The van der Waals surface area contributed by atoms with Gasteiger partial charge in [-0.1, -0.05) is 18.2 Å². The van der Waals surface area contributed by atoms with E-state index in [2.05, 4.69) is 5.32 Å². The molecule has 0 aromatic heterocycles. The summed E-state index contributed by atoms with van der Waals surface area (Å²) in [6.07, 6.45) is 0. The van der Waals surface area contributed by atoms with Gasteiger partial charge < -0.3 is 19.9 Å². The van der Waals surface area contributed by atoms with E-state index in [1.165, 1.54) is 29.2 Å². The highest BCUT2D eigenvalue weighted by Crippen LogP contribution is 2.20. The van der Waals surface area contributed by atoms with Crippen LogP contribution in [-0.2, 0) is 14.3 Å². The van der Waals surface area contributed by atoms with E-state index >= 15 is 0 Å². The van der Waals surface area contributed by atoms with Gasteiger partial charge in [0, 0.05) is 43.9 Å². The summed E-state index contributed by atoms with van der Waals surface area (Å²) in [7, 11) is 0. The van der Waals surface area contributed by atoms with Gasteiger partial charge in [-0.15, -0.1) is 0 Å². The van der Waals surface area contributed by atoms with E-state index in [0.29, 0.717) is 31.9 Å². The lowest BCUT2D eigenvalue weighted by Gasteiger charge is -2.36. The molecule has 1 N–H and O–H groups in total. The number of ether oxygens (including phenoxy) is 1. The number of nitrogens with zero attached hydrogens (tertiary/aromatic N) is 3. The Morgan fingerprint density at radius 3 is 2.47 bits per heavy atom. The van der Waals surface area contributed by atoms with Crippen molar-refractivity contribution in [2.24, 2.45) is 0 Å². The van der Waals surface area contributed by atoms with Gasteiger partial charge in [-0.05, 0) is 18.2 Å². The van der Waals surface area contributed by atoms with Crippen molar-refractivity contribution in [3.05, 3.63) is 70.0 Å². The largest absolute Gasteiger partial charge is 0.454 e. The number of nitro benzene ring substituents is 1. The predicted molar refractivity (Wildman–Crippen MR) is 112 cm³/mol. The van der Waals surface area contributed by atoms with Crippen LogP contribution in [0.2, 0.25) is 0 Å². The molecule has 32 heavy (non-hydrogen) atoms. The van der Waals surface area contributed by atoms with Crippen molar-refractivity contribution in [3.8, 4) is 0 Å². The molecule has 0 radical (unpaired) electrons. The number of carbonyl (C=O) groups is 3. The molecule has 1 aliphatic rings. The Balaban J connectivity index is 1.40. The summed E-state index contributed by atoms with van der Waals surface area (Å²) in [5, 5.41) is 13.1.